The van der Waals surface area contributed by atoms with E-state index in [4.69, 9.17) is 13.8 Å². The van der Waals surface area contributed by atoms with E-state index in [0.29, 0.717) is 40.4 Å². The van der Waals surface area contributed by atoms with Gasteiger partial charge in [-0.25, -0.2) is 14.4 Å². The molecule has 2 aliphatic rings. The first-order valence-corrected chi connectivity index (χ1v) is 20.3. The number of hydrogen-bond donors (Lipinski definition) is 3. The Morgan fingerprint density at radius 2 is 1.45 bits per heavy atom. The van der Waals surface area contributed by atoms with Crippen molar-refractivity contribution in [3.05, 3.63) is 114 Å². The summed E-state index contributed by atoms with van der Waals surface area (Å²) in [4.78, 5) is 25.5. The third kappa shape index (κ3) is 12.9. The number of amides is 1. The number of aromatic nitrogens is 2. The Morgan fingerprint density at radius 1 is 0.906 bits per heavy atom. The second-order valence-corrected chi connectivity index (χ2v) is 16.1. The lowest BCUT2D eigenvalue weighted by molar-refractivity contribution is 0.0713. The van der Waals surface area contributed by atoms with Crippen molar-refractivity contribution in [1.82, 2.24) is 20.2 Å². The highest BCUT2D eigenvalue weighted by Crippen LogP contribution is 2.43. The van der Waals surface area contributed by atoms with Crippen molar-refractivity contribution >= 4 is 32.0 Å². The molecule has 0 unspecified atom stereocenters. The van der Waals surface area contributed by atoms with E-state index in [-0.39, 0.29) is 29.0 Å². The lowest BCUT2D eigenvalue weighted by Crippen LogP contribution is -2.60. The summed E-state index contributed by atoms with van der Waals surface area (Å²) in [7, 11) is -7.75. The Labute approximate surface area is 310 Å². The number of anilines is 1. The first kappa shape index (κ1) is 41.3. The molecule has 3 N–H and O–H groups in total. The number of halogens is 1. The lowest BCUT2D eigenvalue weighted by Gasteiger charge is -2.53. The number of ether oxygens (including phenoxy) is 1. The fourth-order valence-electron chi connectivity index (χ4n) is 6.15. The molecule has 0 saturated carbocycles. The lowest BCUT2D eigenvalue weighted by atomic mass is 9.72. The topological polar surface area (TPSA) is 179 Å². The minimum atomic E-state index is -3.88. The van der Waals surface area contributed by atoms with Crippen molar-refractivity contribution in [3.63, 3.8) is 0 Å². The van der Waals surface area contributed by atoms with Gasteiger partial charge in [-0.15, -0.1) is 0 Å². The van der Waals surface area contributed by atoms with Crippen molar-refractivity contribution in [1.29, 1.82) is 0 Å². The number of nitrogens with zero attached hydrogens (tertiary/aromatic N) is 4. The van der Waals surface area contributed by atoms with Crippen LogP contribution in [0, 0.1) is 11.2 Å². The summed E-state index contributed by atoms with van der Waals surface area (Å²) in [6.07, 6.45) is 5.42. The molecule has 0 aliphatic carbocycles. The fraction of sp³-hybridized carbons (Fsp3) is 0.378. The maximum Gasteiger partial charge on any atom is 0.269 e. The van der Waals surface area contributed by atoms with Gasteiger partial charge in [0.2, 0.25) is 0 Å². The molecule has 4 aromatic rings. The van der Waals surface area contributed by atoms with Crippen LogP contribution in [-0.2, 0) is 31.7 Å². The van der Waals surface area contributed by atoms with Crippen molar-refractivity contribution in [2.75, 3.05) is 37.6 Å². The van der Waals surface area contributed by atoms with Crippen LogP contribution in [0.15, 0.2) is 91.4 Å². The standard InChI is InChI=1S/C23H30FN5O2.2C7H8O3S/c1-4-29(16(2)3)22(30)18-11-17(24)5-6-19(18)31-20-12-26-15-27-21(20)28-13-23(14-28)7-9-25-10-8-23;2*8-11(9,10)6-7-4-2-1-3-5-7/h5-6,11-12,15-16,25H,4,7-10,13-14H2,1-3H3;2*1-5H,6H2,(H,8,9,10). The Kier molecular flexibility index (Phi) is 14.4. The third-order valence-electron chi connectivity index (χ3n) is 8.68. The molecule has 2 fully saturated rings. The summed E-state index contributed by atoms with van der Waals surface area (Å²) in [5, 5.41) is 3.41. The smallest absolute Gasteiger partial charge is 0.269 e. The first-order valence-electron chi connectivity index (χ1n) is 17.1. The molecule has 0 radical (unpaired) electrons. The Bertz CT molecular complexity index is 1940. The average molecular weight is 772 g/mol. The van der Waals surface area contributed by atoms with E-state index in [1.807, 2.05) is 20.8 Å². The second-order valence-electron chi connectivity index (χ2n) is 13.2. The first-order chi connectivity index (χ1) is 25.1. The maximum atomic E-state index is 14.0. The number of piperidine rings is 1. The van der Waals surface area contributed by atoms with Gasteiger partial charge < -0.3 is 19.9 Å². The Balaban J connectivity index is 0.000000232. The molecule has 53 heavy (non-hydrogen) atoms. The van der Waals surface area contributed by atoms with Gasteiger partial charge in [-0.05, 0) is 76.0 Å². The highest BCUT2D eigenvalue weighted by molar-refractivity contribution is 7.85. The molecule has 1 aromatic heterocycles. The van der Waals surface area contributed by atoms with Gasteiger partial charge in [0.15, 0.2) is 11.6 Å². The molecule has 1 spiro atoms. The van der Waals surface area contributed by atoms with Gasteiger partial charge in [-0.2, -0.15) is 16.8 Å². The van der Waals surface area contributed by atoms with Crippen LogP contribution < -0.4 is 15.0 Å². The van der Waals surface area contributed by atoms with Crippen LogP contribution >= 0.6 is 0 Å². The molecule has 16 heteroatoms. The van der Waals surface area contributed by atoms with Gasteiger partial charge in [-0.3, -0.25) is 13.9 Å². The Hall–Kier alpha value is -4.48. The number of nitrogens with one attached hydrogen (secondary N) is 1. The van der Waals surface area contributed by atoms with Gasteiger partial charge >= 0.3 is 0 Å². The van der Waals surface area contributed by atoms with Crippen LogP contribution in [0.4, 0.5) is 10.2 Å². The summed E-state index contributed by atoms with van der Waals surface area (Å²) in [6.45, 7) is 10.2. The van der Waals surface area contributed by atoms with E-state index in [1.54, 1.807) is 71.8 Å². The van der Waals surface area contributed by atoms with Crippen LogP contribution in [0.25, 0.3) is 0 Å². The number of rotatable bonds is 10. The number of benzene rings is 3. The normalized spacial score (nSPS) is 15.0. The molecule has 13 nitrogen and oxygen atoms in total. The third-order valence-corrected chi connectivity index (χ3v) is 10.1. The number of carbonyl (C=O) groups is 1. The SMILES string of the molecule is CCN(C(=O)c1cc(F)ccc1Oc1cncnc1N1CC2(CCNCC2)C1)C(C)C.O=S(=O)(O)Cc1ccccc1.O=S(=O)(O)Cc1ccccc1. The monoisotopic (exact) mass is 771 g/mol. The quantitative estimate of drug-likeness (QED) is 0.170. The van der Waals surface area contributed by atoms with Crippen molar-refractivity contribution in [3.8, 4) is 11.5 Å². The average Bonchev–Trinajstić information content (AvgIpc) is 3.09. The van der Waals surface area contributed by atoms with Crippen LogP contribution in [0.5, 0.6) is 11.5 Å². The Morgan fingerprint density at radius 3 is 1.94 bits per heavy atom. The van der Waals surface area contributed by atoms with Crippen molar-refractivity contribution in [2.45, 2.75) is 51.2 Å². The second kappa shape index (κ2) is 18.5. The van der Waals surface area contributed by atoms with Gasteiger partial charge in [0.1, 0.15) is 29.4 Å². The molecular weight excluding hydrogens is 726 g/mol. The predicted molar refractivity (Wildman–Crippen MR) is 200 cm³/mol. The molecule has 1 amide bonds. The van der Waals surface area contributed by atoms with Crippen LogP contribution in [0.3, 0.4) is 0 Å². The van der Waals surface area contributed by atoms with Gasteiger partial charge in [0.05, 0.1) is 11.8 Å². The summed E-state index contributed by atoms with van der Waals surface area (Å²) < 4.78 is 78.5. The van der Waals surface area contributed by atoms with Crippen LogP contribution in [0.1, 0.15) is 55.1 Å². The number of carbonyl (C=O) groups excluding carboxylic acids is 1. The van der Waals surface area contributed by atoms with Gasteiger partial charge in [0, 0.05) is 31.1 Å². The zero-order valence-electron chi connectivity index (χ0n) is 29.9. The molecule has 3 aromatic carbocycles. The minimum Gasteiger partial charge on any atom is -0.451 e. The van der Waals surface area contributed by atoms with Crippen molar-refractivity contribution < 1.29 is 39.9 Å². The summed E-state index contributed by atoms with van der Waals surface area (Å²) in [5.41, 5.74) is 1.72. The van der Waals surface area contributed by atoms with E-state index >= 15 is 0 Å². The molecule has 0 bridgehead atoms. The summed E-state index contributed by atoms with van der Waals surface area (Å²) in [6, 6.07) is 21.1. The van der Waals surface area contributed by atoms with Crippen LogP contribution in [-0.4, -0.2) is 85.5 Å². The molecule has 0 atom stereocenters. The van der Waals surface area contributed by atoms with Gasteiger partial charge in [-0.1, -0.05) is 60.7 Å². The van der Waals surface area contributed by atoms with E-state index < -0.39 is 26.1 Å². The van der Waals surface area contributed by atoms with E-state index in [9.17, 15) is 26.0 Å². The minimum absolute atomic E-state index is 0.00787. The molecule has 2 saturated heterocycles. The molecule has 286 valence electrons. The highest BCUT2D eigenvalue weighted by atomic mass is 32.2. The number of hydrogen-bond acceptors (Lipinski definition) is 10. The molecule has 2 aliphatic heterocycles. The van der Waals surface area contributed by atoms with E-state index in [2.05, 4.69) is 20.2 Å². The maximum absolute atomic E-state index is 14.0. The highest BCUT2D eigenvalue weighted by Gasteiger charge is 2.44. The molecule has 6 rings (SSSR count). The largest absolute Gasteiger partial charge is 0.451 e. The molecular formula is C37H46FN5O8S2. The fourth-order valence-corrected chi connectivity index (χ4v) is 7.38. The predicted octanol–water partition coefficient (Wildman–Crippen LogP) is 5.62. The molecule has 3 heterocycles. The summed E-state index contributed by atoms with van der Waals surface area (Å²) >= 11 is 0. The zero-order chi connectivity index (χ0) is 38.6. The van der Waals surface area contributed by atoms with Gasteiger partial charge in [0.25, 0.3) is 26.1 Å². The van der Waals surface area contributed by atoms with Crippen LogP contribution in [0.2, 0.25) is 0 Å². The van der Waals surface area contributed by atoms with E-state index in [1.165, 1.54) is 24.5 Å². The van der Waals surface area contributed by atoms with E-state index in [0.717, 1.165) is 39.0 Å². The van der Waals surface area contributed by atoms with Crippen molar-refractivity contribution in [2.24, 2.45) is 5.41 Å². The summed E-state index contributed by atoms with van der Waals surface area (Å²) in [5.74, 6) is 0.122. The zero-order valence-corrected chi connectivity index (χ0v) is 31.6.